The maximum absolute atomic E-state index is 11.0. The molecule has 0 spiro atoms. The van der Waals surface area contributed by atoms with Crippen LogP contribution in [-0.2, 0) is 5.60 Å². The standard InChI is InChI=1S/C14H19NO/c1-15-12-7-8-13(15)14(16,10-9-12)11-5-3-2-4-6-11/h2-6,12-13,16H,7-10H2,1H3. The molecule has 3 rings (SSSR count). The Labute approximate surface area is 96.9 Å². The van der Waals surface area contributed by atoms with Gasteiger partial charge in [-0.3, -0.25) is 4.90 Å². The van der Waals surface area contributed by atoms with Crippen molar-refractivity contribution in [2.45, 2.75) is 43.4 Å². The maximum atomic E-state index is 11.0. The van der Waals surface area contributed by atoms with E-state index in [-0.39, 0.29) is 0 Å². The van der Waals surface area contributed by atoms with E-state index in [0.29, 0.717) is 12.1 Å². The van der Waals surface area contributed by atoms with Crippen molar-refractivity contribution in [3.8, 4) is 0 Å². The molecule has 1 aromatic carbocycles. The van der Waals surface area contributed by atoms with E-state index in [2.05, 4.69) is 24.1 Å². The van der Waals surface area contributed by atoms with E-state index in [4.69, 9.17) is 0 Å². The number of likely N-dealkylation sites (N-methyl/N-ethyl adjacent to an activating group) is 1. The van der Waals surface area contributed by atoms with Gasteiger partial charge >= 0.3 is 0 Å². The van der Waals surface area contributed by atoms with E-state index in [1.807, 2.05) is 18.2 Å². The zero-order valence-corrected chi connectivity index (χ0v) is 9.76. The first-order valence-electron chi connectivity index (χ1n) is 6.21. The van der Waals surface area contributed by atoms with Crippen molar-refractivity contribution in [3.05, 3.63) is 35.9 Å². The molecule has 2 saturated heterocycles. The van der Waals surface area contributed by atoms with E-state index in [1.165, 1.54) is 6.42 Å². The lowest BCUT2D eigenvalue weighted by Crippen LogP contribution is -2.52. The molecule has 2 bridgehead atoms. The summed E-state index contributed by atoms with van der Waals surface area (Å²) in [5.41, 5.74) is 0.468. The topological polar surface area (TPSA) is 23.5 Å². The van der Waals surface area contributed by atoms with Crippen LogP contribution in [0.1, 0.15) is 31.2 Å². The van der Waals surface area contributed by atoms with Crippen molar-refractivity contribution in [1.29, 1.82) is 0 Å². The van der Waals surface area contributed by atoms with Crippen LogP contribution in [0.4, 0.5) is 0 Å². The second kappa shape index (κ2) is 3.57. The second-order valence-electron chi connectivity index (χ2n) is 5.24. The Balaban J connectivity index is 1.99. The molecule has 2 aliphatic rings. The first-order chi connectivity index (χ1) is 7.72. The summed E-state index contributed by atoms with van der Waals surface area (Å²) in [6.45, 7) is 0. The number of aliphatic hydroxyl groups is 1. The lowest BCUT2D eigenvalue weighted by molar-refractivity contribution is -0.0732. The van der Waals surface area contributed by atoms with Crippen molar-refractivity contribution in [1.82, 2.24) is 4.90 Å². The Morgan fingerprint density at radius 3 is 2.69 bits per heavy atom. The molecule has 2 nitrogen and oxygen atoms in total. The third kappa shape index (κ3) is 1.33. The number of fused-ring (bicyclic) bond motifs is 2. The molecule has 3 unspecified atom stereocenters. The zero-order valence-electron chi connectivity index (χ0n) is 9.76. The number of piperidine rings is 1. The van der Waals surface area contributed by atoms with Crippen LogP contribution in [0.3, 0.4) is 0 Å². The van der Waals surface area contributed by atoms with Gasteiger partial charge in [-0.25, -0.2) is 0 Å². The summed E-state index contributed by atoms with van der Waals surface area (Å²) < 4.78 is 0. The van der Waals surface area contributed by atoms with Crippen LogP contribution < -0.4 is 0 Å². The number of rotatable bonds is 1. The summed E-state index contributed by atoms with van der Waals surface area (Å²) >= 11 is 0. The molecule has 16 heavy (non-hydrogen) atoms. The van der Waals surface area contributed by atoms with E-state index in [1.54, 1.807) is 0 Å². The SMILES string of the molecule is CN1C2CCC1C(O)(c1ccccc1)CC2. The smallest absolute Gasteiger partial charge is 0.105 e. The molecular weight excluding hydrogens is 198 g/mol. The average Bonchev–Trinajstić information content (AvgIpc) is 2.58. The second-order valence-corrected chi connectivity index (χ2v) is 5.24. The van der Waals surface area contributed by atoms with Gasteiger partial charge in [-0.15, -0.1) is 0 Å². The summed E-state index contributed by atoms with van der Waals surface area (Å²) in [5, 5.41) is 11.0. The molecule has 3 atom stereocenters. The van der Waals surface area contributed by atoms with Crippen molar-refractivity contribution in [3.63, 3.8) is 0 Å². The van der Waals surface area contributed by atoms with Gasteiger partial charge < -0.3 is 5.11 Å². The third-order valence-corrected chi connectivity index (χ3v) is 4.52. The summed E-state index contributed by atoms with van der Waals surface area (Å²) in [5.74, 6) is 0. The molecule has 1 aromatic rings. The fraction of sp³-hybridized carbons (Fsp3) is 0.571. The lowest BCUT2D eigenvalue weighted by atomic mass is 9.80. The molecule has 0 radical (unpaired) electrons. The molecule has 2 aliphatic heterocycles. The molecule has 0 aromatic heterocycles. The highest BCUT2D eigenvalue weighted by Crippen LogP contribution is 2.45. The molecule has 0 saturated carbocycles. The van der Waals surface area contributed by atoms with Gasteiger partial charge in [0.25, 0.3) is 0 Å². The number of hydrogen-bond donors (Lipinski definition) is 1. The normalized spacial score (nSPS) is 38.9. The largest absolute Gasteiger partial charge is 0.384 e. The van der Waals surface area contributed by atoms with Gasteiger partial charge in [-0.1, -0.05) is 30.3 Å². The number of hydrogen-bond acceptors (Lipinski definition) is 2. The molecule has 0 aliphatic carbocycles. The van der Waals surface area contributed by atoms with Crippen LogP contribution in [0.25, 0.3) is 0 Å². The average molecular weight is 217 g/mol. The zero-order chi connectivity index (χ0) is 11.2. The molecule has 1 N–H and O–H groups in total. The highest BCUT2D eigenvalue weighted by atomic mass is 16.3. The fourth-order valence-electron chi connectivity index (χ4n) is 3.55. The minimum atomic E-state index is -0.622. The quantitative estimate of drug-likeness (QED) is 0.779. The van der Waals surface area contributed by atoms with Gasteiger partial charge in [0.05, 0.1) is 0 Å². The molecule has 2 heteroatoms. The summed E-state index contributed by atoms with van der Waals surface area (Å²) in [4.78, 5) is 2.39. The summed E-state index contributed by atoms with van der Waals surface area (Å²) in [6.07, 6.45) is 4.41. The van der Waals surface area contributed by atoms with Crippen LogP contribution in [0.5, 0.6) is 0 Å². The molecule has 2 fully saturated rings. The van der Waals surface area contributed by atoms with Gasteiger partial charge in [0.2, 0.25) is 0 Å². The van der Waals surface area contributed by atoms with E-state index < -0.39 is 5.60 Å². The van der Waals surface area contributed by atoms with Gasteiger partial charge in [0, 0.05) is 12.1 Å². The first-order valence-corrected chi connectivity index (χ1v) is 6.21. The minimum absolute atomic E-state index is 0.314. The monoisotopic (exact) mass is 217 g/mol. The molecule has 2 heterocycles. The van der Waals surface area contributed by atoms with Gasteiger partial charge in [-0.2, -0.15) is 0 Å². The third-order valence-electron chi connectivity index (χ3n) is 4.52. The lowest BCUT2D eigenvalue weighted by Gasteiger charge is -2.44. The van der Waals surface area contributed by atoms with Crippen LogP contribution in [0.2, 0.25) is 0 Å². The Kier molecular flexibility index (Phi) is 2.30. The Hall–Kier alpha value is -0.860. The minimum Gasteiger partial charge on any atom is -0.384 e. The first kappa shape index (κ1) is 10.3. The van der Waals surface area contributed by atoms with Gasteiger partial charge in [0.15, 0.2) is 0 Å². The predicted octanol–water partition coefficient (Wildman–Crippen LogP) is 2.13. The number of benzene rings is 1. The van der Waals surface area contributed by atoms with Gasteiger partial charge in [-0.05, 0) is 38.3 Å². The summed E-state index contributed by atoms with van der Waals surface area (Å²) in [7, 11) is 2.16. The Morgan fingerprint density at radius 2 is 1.94 bits per heavy atom. The van der Waals surface area contributed by atoms with Crippen LogP contribution >= 0.6 is 0 Å². The van der Waals surface area contributed by atoms with Crippen molar-refractivity contribution in [2.24, 2.45) is 0 Å². The van der Waals surface area contributed by atoms with Crippen molar-refractivity contribution in [2.75, 3.05) is 7.05 Å². The highest BCUT2D eigenvalue weighted by Gasteiger charge is 2.49. The van der Waals surface area contributed by atoms with Crippen LogP contribution in [0.15, 0.2) is 30.3 Å². The highest BCUT2D eigenvalue weighted by molar-refractivity contribution is 5.26. The predicted molar refractivity (Wildman–Crippen MR) is 64.1 cm³/mol. The van der Waals surface area contributed by atoms with E-state index in [9.17, 15) is 5.11 Å². The van der Waals surface area contributed by atoms with Crippen LogP contribution in [0, 0.1) is 0 Å². The van der Waals surface area contributed by atoms with Crippen molar-refractivity contribution >= 4 is 0 Å². The Bertz CT molecular complexity index is 378. The molecule has 86 valence electrons. The van der Waals surface area contributed by atoms with Crippen LogP contribution in [-0.4, -0.2) is 29.1 Å². The maximum Gasteiger partial charge on any atom is 0.105 e. The van der Waals surface area contributed by atoms with E-state index in [0.717, 1.165) is 24.8 Å². The van der Waals surface area contributed by atoms with Gasteiger partial charge in [0.1, 0.15) is 5.60 Å². The van der Waals surface area contributed by atoms with Crippen molar-refractivity contribution < 1.29 is 5.11 Å². The number of nitrogens with zero attached hydrogens (tertiary/aromatic N) is 1. The Morgan fingerprint density at radius 1 is 1.19 bits per heavy atom. The summed E-state index contributed by atoms with van der Waals surface area (Å²) in [6, 6.07) is 11.2. The fourth-order valence-corrected chi connectivity index (χ4v) is 3.55. The molecule has 0 amide bonds. The van der Waals surface area contributed by atoms with E-state index >= 15 is 0 Å². The molecular formula is C14H19NO.